The molecule has 4 rings (SSSR count). The predicted octanol–water partition coefficient (Wildman–Crippen LogP) is 4.22. The number of hydrogen-bond acceptors (Lipinski definition) is 5. The van der Waals surface area contributed by atoms with E-state index in [-0.39, 0.29) is 0 Å². The first-order valence-electron chi connectivity index (χ1n) is 6.31. The number of pyridine rings is 1. The van der Waals surface area contributed by atoms with Gasteiger partial charge in [-0.05, 0) is 24.3 Å². The lowest BCUT2D eigenvalue weighted by atomic mass is 10.2. The van der Waals surface area contributed by atoms with E-state index in [2.05, 4.69) is 20.3 Å². The van der Waals surface area contributed by atoms with Gasteiger partial charge in [0.05, 0.1) is 10.0 Å². The number of benzene rings is 1. The van der Waals surface area contributed by atoms with Crippen molar-refractivity contribution < 1.29 is 0 Å². The molecule has 5 nitrogen and oxygen atoms in total. The smallest absolute Gasteiger partial charge is 0.235 e. The molecule has 0 bridgehead atoms. The van der Waals surface area contributed by atoms with E-state index in [0.717, 1.165) is 5.56 Å². The number of fused-ring (bicyclic) bond motifs is 1. The second-order valence-corrected chi connectivity index (χ2v) is 6.23. The molecular formula is C14H7Cl2N5S. The summed E-state index contributed by atoms with van der Waals surface area (Å²) >= 11 is 13.9. The van der Waals surface area contributed by atoms with Gasteiger partial charge in [-0.1, -0.05) is 40.6 Å². The second kappa shape index (κ2) is 5.31. The Labute approximate surface area is 139 Å². The zero-order chi connectivity index (χ0) is 15.1. The van der Waals surface area contributed by atoms with Gasteiger partial charge in [0.15, 0.2) is 10.8 Å². The SMILES string of the molecule is Clc1cccc(Cl)c1-c1nn2c(-c3ccncc3)nnc2s1. The molecule has 0 spiro atoms. The average Bonchev–Trinajstić information content (AvgIpc) is 3.08. The highest BCUT2D eigenvalue weighted by Crippen LogP contribution is 2.37. The van der Waals surface area contributed by atoms with Crippen molar-refractivity contribution in [1.82, 2.24) is 24.8 Å². The van der Waals surface area contributed by atoms with Crippen LogP contribution in [0.15, 0.2) is 42.7 Å². The van der Waals surface area contributed by atoms with E-state index >= 15 is 0 Å². The molecule has 0 saturated carbocycles. The molecule has 0 aliphatic rings. The van der Waals surface area contributed by atoms with Crippen LogP contribution >= 0.6 is 34.5 Å². The van der Waals surface area contributed by atoms with Crippen LogP contribution < -0.4 is 0 Å². The van der Waals surface area contributed by atoms with E-state index in [4.69, 9.17) is 23.2 Å². The molecule has 0 N–H and O–H groups in total. The third kappa shape index (κ3) is 2.16. The summed E-state index contributed by atoms with van der Waals surface area (Å²) in [6, 6.07) is 9.09. The van der Waals surface area contributed by atoms with E-state index < -0.39 is 0 Å². The molecule has 0 aliphatic carbocycles. The Kier molecular flexibility index (Phi) is 3.29. The van der Waals surface area contributed by atoms with Crippen LogP contribution in [-0.4, -0.2) is 24.8 Å². The normalized spacial score (nSPS) is 11.2. The summed E-state index contributed by atoms with van der Waals surface area (Å²) in [7, 11) is 0. The lowest BCUT2D eigenvalue weighted by Gasteiger charge is -2.01. The van der Waals surface area contributed by atoms with E-state index in [0.29, 0.717) is 31.4 Å². The first-order valence-corrected chi connectivity index (χ1v) is 7.88. The second-order valence-electron chi connectivity index (χ2n) is 4.46. The van der Waals surface area contributed by atoms with Crippen LogP contribution in [0.4, 0.5) is 0 Å². The van der Waals surface area contributed by atoms with Crippen molar-refractivity contribution in [3.8, 4) is 22.0 Å². The number of rotatable bonds is 2. The molecule has 0 unspecified atom stereocenters. The van der Waals surface area contributed by atoms with Crippen molar-refractivity contribution >= 4 is 39.5 Å². The number of nitrogens with zero attached hydrogens (tertiary/aromatic N) is 5. The fraction of sp³-hybridized carbons (Fsp3) is 0. The molecule has 22 heavy (non-hydrogen) atoms. The van der Waals surface area contributed by atoms with Crippen LogP contribution in [0.3, 0.4) is 0 Å². The van der Waals surface area contributed by atoms with E-state index in [1.54, 1.807) is 35.1 Å². The van der Waals surface area contributed by atoms with Gasteiger partial charge in [-0.3, -0.25) is 4.98 Å². The largest absolute Gasteiger partial charge is 0.265 e. The van der Waals surface area contributed by atoms with Gasteiger partial charge in [0, 0.05) is 23.5 Å². The Hall–Kier alpha value is -2.02. The molecule has 0 radical (unpaired) electrons. The summed E-state index contributed by atoms with van der Waals surface area (Å²) in [4.78, 5) is 4.68. The topological polar surface area (TPSA) is 56.0 Å². The monoisotopic (exact) mass is 347 g/mol. The van der Waals surface area contributed by atoms with Crippen LogP contribution in [0.25, 0.3) is 26.9 Å². The Morgan fingerprint density at radius 1 is 0.955 bits per heavy atom. The summed E-state index contributed by atoms with van der Waals surface area (Å²) in [5.41, 5.74) is 1.60. The molecule has 3 aromatic heterocycles. The molecule has 0 amide bonds. The molecule has 0 saturated heterocycles. The van der Waals surface area contributed by atoms with Gasteiger partial charge in [0.1, 0.15) is 0 Å². The van der Waals surface area contributed by atoms with Gasteiger partial charge >= 0.3 is 0 Å². The summed E-state index contributed by atoms with van der Waals surface area (Å²) < 4.78 is 1.69. The van der Waals surface area contributed by atoms with Gasteiger partial charge < -0.3 is 0 Å². The highest BCUT2D eigenvalue weighted by atomic mass is 35.5. The van der Waals surface area contributed by atoms with Crippen LogP contribution in [-0.2, 0) is 0 Å². The molecule has 8 heteroatoms. The maximum atomic E-state index is 6.24. The van der Waals surface area contributed by atoms with Gasteiger partial charge in [0.25, 0.3) is 0 Å². The molecule has 4 aromatic rings. The first kappa shape index (κ1) is 13.6. The number of halogens is 2. The highest BCUT2D eigenvalue weighted by Gasteiger charge is 2.17. The average molecular weight is 348 g/mol. The zero-order valence-electron chi connectivity index (χ0n) is 10.9. The highest BCUT2D eigenvalue weighted by molar-refractivity contribution is 7.20. The third-order valence-electron chi connectivity index (χ3n) is 3.11. The van der Waals surface area contributed by atoms with Crippen LogP contribution in [0, 0.1) is 0 Å². The minimum Gasteiger partial charge on any atom is -0.265 e. The Morgan fingerprint density at radius 3 is 2.41 bits per heavy atom. The third-order valence-corrected chi connectivity index (χ3v) is 4.65. The van der Waals surface area contributed by atoms with Crippen LogP contribution in [0.2, 0.25) is 10.0 Å². The Balaban J connectivity index is 1.91. The van der Waals surface area contributed by atoms with Gasteiger partial charge in [-0.2, -0.15) is 9.61 Å². The summed E-state index contributed by atoms with van der Waals surface area (Å²) in [6.07, 6.45) is 3.41. The lowest BCUT2D eigenvalue weighted by molar-refractivity contribution is 0.970. The van der Waals surface area contributed by atoms with Gasteiger partial charge in [-0.25, -0.2) is 0 Å². The van der Waals surface area contributed by atoms with Crippen LogP contribution in [0.5, 0.6) is 0 Å². The zero-order valence-corrected chi connectivity index (χ0v) is 13.3. The molecule has 108 valence electrons. The maximum absolute atomic E-state index is 6.24. The lowest BCUT2D eigenvalue weighted by Crippen LogP contribution is -1.91. The minimum absolute atomic E-state index is 0.558. The van der Waals surface area contributed by atoms with Crippen molar-refractivity contribution in [2.24, 2.45) is 0 Å². The molecule has 0 atom stereocenters. The fourth-order valence-electron chi connectivity index (χ4n) is 2.10. The molecule has 3 heterocycles. The van der Waals surface area contributed by atoms with Crippen molar-refractivity contribution in [2.75, 3.05) is 0 Å². The van der Waals surface area contributed by atoms with Gasteiger partial charge in [0.2, 0.25) is 4.96 Å². The Morgan fingerprint density at radius 2 is 1.68 bits per heavy atom. The molecular weight excluding hydrogens is 341 g/mol. The molecule has 1 aromatic carbocycles. The van der Waals surface area contributed by atoms with Crippen LogP contribution in [0.1, 0.15) is 0 Å². The summed E-state index contributed by atoms with van der Waals surface area (Å²) in [6.45, 7) is 0. The van der Waals surface area contributed by atoms with E-state index in [1.807, 2.05) is 12.1 Å². The Bertz CT molecular complexity index is 944. The quantitative estimate of drug-likeness (QED) is 0.544. The molecule has 0 aliphatic heterocycles. The number of hydrogen-bond donors (Lipinski definition) is 0. The predicted molar refractivity (Wildman–Crippen MR) is 87.3 cm³/mol. The van der Waals surface area contributed by atoms with Crippen molar-refractivity contribution in [1.29, 1.82) is 0 Å². The van der Waals surface area contributed by atoms with E-state index in [9.17, 15) is 0 Å². The summed E-state index contributed by atoms with van der Waals surface area (Å²) in [5.74, 6) is 0.656. The maximum Gasteiger partial charge on any atom is 0.235 e. The molecule has 0 fully saturated rings. The summed E-state index contributed by atoms with van der Waals surface area (Å²) in [5, 5.41) is 14.7. The van der Waals surface area contributed by atoms with Crippen molar-refractivity contribution in [2.45, 2.75) is 0 Å². The van der Waals surface area contributed by atoms with Gasteiger partial charge in [-0.15, -0.1) is 10.2 Å². The first-order chi connectivity index (χ1) is 10.7. The van der Waals surface area contributed by atoms with Crippen molar-refractivity contribution in [3.05, 3.63) is 52.8 Å². The standard InChI is InChI=1S/C14H7Cl2N5S/c15-9-2-1-3-10(16)11(9)13-20-21-12(18-19-14(21)22-13)8-4-6-17-7-5-8/h1-7H. The number of aromatic nitrogens is 5. The van der Waals surface area contributed by atoms with E-state index in [1.165, 1.54) is 11.3 Å². The van der Waals surface area contributed by atoms with Crippen molar-refractivity contribution in [3.63, 3.8) is 0 Å². The fourth-order valence-corrected chi connectivity index (χ4v) is 3.70. The minimum atomic E-state index is 0.558.